The van der Waals surface area contributed by atoms with Gasteiger partial charge in [-0.2, -0.15) is 5.26 Å². The van der Waals surface area contributed by atoms with Gasteiger partial charge in [0.25, 0.3) is 0 Å². The fourth-order valence-corrected chi connectivity index (χ4v) is 3.79. The molecule has 2 aromatic rings. The van der Waals surface area contributed by atoms with Crippen molar-refractivity contribution in [3.05, 3.63) is 65.2 Å². The fraction of sp³-hybridized carbons (Fsp3) is 0.391. The predicted molar refractivity (Wildman–Crippen MR) is 102 cm³/mol. The van der Waals surface area contributed by atoms with E-state index in [0.29, 0.717) is 22.8 Å². The van der Waals surface area contributed by atoms with Crippen LogP contribution in [0.15, 0.2) is 48.5 Å². The van der Waals surface area contributed by atoms with E-state index < -0.39 is 0 Å². The summed E-state index contributed by atoms with van der Waals surface area (Å²) in [6, 6.07) is 16.5. The maximum atomic E-state index is 12.3. The highest BCUT2D eigenvalue weighted by molar-refractivity contribution is 5.91. The lowest BCUT2D eigenvalue weighted by molar-refractivity contribution is 0.0734. The van der Waals surface area contributed by atoms with E-state index in [0.717, 1.165) is 5.92 Å². The van der Waals surface area contributed by atoms with E-state index in [1.54, 1.807) is 24.3 Å². The lowest BCUT2D eigenvalue weighted by Crippen LogP contribution is -2.08. The van der Waals surface area contributed by atoms with E-state index >= 15 is 0 Å². The third-order valence-corrected chi connectivity index (χ3v) is 5.32. The van der Waals surface area contributed by atoms with Gasteiger partial charge in [-0.15, -0.1) is 0 Å². The number of carbonyl (C=O) groups excluding carboxylic acids is 1. The first-order valence-corrected chi connectivity index (χ1v) is 9.52. The molecule has 0 radical (unpaired) electrons. The maximum absolute atomic E-state index is 12.3. The van der Waals surface area contributed by atoms with Gasteiger partial charge >= 0.3 is 5.97 Å². The van der Waals surface area contributed by atoms with Crippen molar-refractivity contribution >= 4 is 5.97 Å². The Morgan fingerprint density at radius 3 is 2.50 bits per heavy atom. The molecule has 0 unspecified atom stereocenters. The van der Waals surface area contributed by atoms with Crippen molar-refractivity contribution in [2.45, 2.75) is 51.4 Å². The molecule has 0 saturated heterocycles. The summed E-state index contributed by atoms with van der Waals surface area (Å²) in [7, 11) is 0. The zero-order chi connectivity index (χ0) is 18.4. The quantitative estimate of drug-likeness (QED) is 0.486. The van der Waals surface area contributed by atoms with Gasteiger partial charge in [0.15, 0.2) is 0 Å². The molecule has 0 spiro atoms. The van der Waals surface area contributed by atoms with E-state index in [9.17, 15) is 4.79 Å². The largest absolute Gasteiger partial charge is 0.423 e. The second kappa shape index (κ2) is 8.67. The number of nitriles is 1. The van der Waals surface area contributed by atoms with Crippen LogP contribution in [0.4, 0.5) is 0 Å². The van der Waals surface area contributed by atoms with Crippen LogP contribution in [0.1, 0.15) is 72.9 Å². The lowest BCUT2D eigenvalue weighted by atomic mass is 9.94. The molecule has 1 aliphatic rings. The predicted octanol–water partition coefficient (Wildman–Crippen LogP) is 5.85. The van der Waals surface area contributed by atoms with Gasteiger partial charge in [-0.1, -0.05) is 38.3 Å². The topological polar surface area (TPSA) is 50.1 Å². The molecule has 3 nitrogen and oxygen atoms in total. The molecule has 1 fully saturated rings. The highest BCUT2D eigenvalue weighted by Crippen LogP contribution is 2.40. The zero-order valence-electron chi connectivity index (χ0n) is 15.3. The molecule has 0 aliphatic heterocycles. The number of benzene rings is 2. The minimum atomic E-state index is -0.367. The highest BCUT2D eigenvalue weighted by Gasteiger charge is 2.25. The Labute approximate surface area is 155 Å². The number of carbonyl (C=O) groups is 1. The third kappa shape index (κ3) is 4.52. The second-order valence-electron chi connectivity index (χ2n) is 7.17. The van der Waals surface area contributed by atoms with Crippen LogP contribution in [-0.2, 0) is 0 Å². The fourth-order valence-electron chi connectivity index (χ4n) is 3.79. The lowest BCUT2D eigenvalue weighted by Gasteiger charge is -2.12. The number of rotatable bonds is 6. The van der Waals surface area contributed by atoms with Crippen molar-refractivity contribution < 1.29 is 9.53 Å². The van der Waals surface area contributed by atoms with Crippen molar-refractivity contribution in [1.29, 1.82) is 5.26 Å². The third-order valence-electron chi connectivity index (χ3n) is 5.32. The van der Waals surface area contributed by atoms with E-state index in [1.165, 1.54) is 44.1 Å². The molecular weight excluding hydrogens is 322 g/mol. The van der Waals surface area contributed by atoms with Crippen molar-refractivity contribution in [2.24, 2.45) is 5.92 Å². The smallest absolute Gasteiger partial charge is 0.343 e. The minimum Gasteiger partial charge on any atom is -0.423 e. The first-order chi connectivity index (χ1) is 12.7. The summed E-state index contributed by atoms with van der Waals surface area (Å²) in [4.78, 5) is 12.3. The van der Waals surface area contributed by atoms with Crippen LogP contribution >= 0.6 is 0 Å². The Hall–Kier alpha value is -2.60. The van der Waals surface area contributed by atoms with Crippen LogP contribution in [0.5, 0.6) is 5.75 Å². The van der Waals surface area contributed by atoms with Gasteiger partial charge in [-0.05, 0) is 73.1 Å². The summed E-state index contributed by atoms with van der Waals surface area (Å²) in [5.41, 5.74) is 2.43. The van der Waals surface area contributed by atoms with Gasteiger partial charge in [-0.25, -0.2) is 4.79 Å². The number of ether oxygens (including phenoxy) is 1. The maximum Gasteiger partial charge on any atom is 0.343 e. The van der Waals surface area contributed by atoms with Crippen LogP contribution < -0.4 is 4.74 Å². The molecule has 1 aliphatic carbocycles. The van der Waals surface area contributed by atoms with Crippen molar-refractivity contribution in [3.8, 4) is 11.8 Å². The van der Waals surface area contributed by atoms with E-state index in [2.05, 4.69) is 19.1 Å². The van der Waals surface area contributed by atoms with E-state index in [1.807, 2.05) is 18.2 Å². The summed E-state index contributed by atoms with van der Waals surface area (Å²) in [5.74, 6) is 1.57. The summed E-state index contributed by atoms with van der Waals surface area (Å²) in [6.07, 6.45) is 7.81. The summed E-state index contributed by atoms with van der Waals surface area (Å²) in [6.45, 7) is 2.25. The van der Waals surface area contributed by atoms with Crippen LogP contribution in [0.2, 0.25) is 0 Å². The Bertz CT molecular complexity index is 771. The first kappa shape index (κ1) is 18.2. The zero-order valence-corrected chi connectivity index (χ0v) is 15.3. The standard InChI is InChI=1S/C23H25NO2/c1-2-3-4-17-5-8-21(15-17)19-9-11-20(12-10-19)23(25)26-22-13-6-18(16-24)7-14-22/h6-7,9-14,17,21H,2-5,8,15H2,1H3/t17-,21+/m0/s1. The molecule has 3 rings (SSSR count). The molecule has 2 aromatic carbocycles. The van der Waals surface area contributed by atoms with Crippen LogP contribution in [0, 0.1) is 17.2 Å². The van der Waals surface area contributed by atoms with Crippen LogP contribution in [-0.4, -0.2) is 5.97 Å². The van der Waals surface area contributed by atoms with E-state index in [4.69, 9.17) is 10.00 Å². The van der Waals surface area contributed by atoms with Gasteiger partial charge in [0, 0.05) is 0 Å². The van der Waals surface area contributed by atoms with Gasteiger partial charge in [0.1, 0.15) is 5.75 Å². The average Bonchev–Trinajstić information content (AvgIpc) is 3.16. The van der Waals surface area contributed by atoms with Crippen LogP contribution in [0.25, 0.3) is 0 Å². The molecule has 0 amide bonds. The molecule has 0 aromatic heterocycles. The molecule has 0 bridgehead atoms. The second-order valence-corrected chi connectivity index (χ2v) is 7.17. The molecule has 26 heavy (non-hydrogen) atoms. The minimum absolute atomic E-state index is 0.367. The molecule has 1 saturated carbocycles. The van der Waals surface area contributed by atoms with Crippen molar-refractivity contribution in [2.75, 3.05) is 0 Å². The monoisotopic (exact) mass is 347 g/mol. The average molecular weight is 347 g/mol. The number of unbranched alkanes of at least 4 members (excludes halogenated alkanes) is 1. The number of esters is 1. The Kier molecular flexibility index (Phi) is 6.07. The molecule has 0 heterocycles. The van der Waals surface area contributed by atoms with Gasteiger partial charge in [-0.3, -0.25) is 0 Å². The molecule has 3 heteroatoms. The summed E-state index contributed by atoms with van der Waals surface area (Å²) >= 11 is 0. The van der Waals surface area contributed by atoms with Gasteiger partial charge in [0.2, 0.25) is 0 Å². The number of hydrogen-bond donors (Lipinski definition) is 0. The Morgan fingerprint density at radius 2 is 1.85 bits per heavy atom. The van der Waals surface area contributed by atoms with Crippen molar-refractivity contribution in [1.82, 2.24) is 0 Å². The van der Waals surface area contributed by atoms with Gasteiger partial charge in [0.05, 0.1) is 17.2 Å². The Morgan fingerprint density at radius 1 is 1.12 bits per heavy atom. The summed E-state index contributed by atoms with van der Waals surface area (Å²) in [5, 5.41) is 8.81. The number of nitrogens with zero attached hydrogens (tertiary/aromatic N) is 1. The number of hydrogen-bond acceptors (Lipinski definition) is 3. The normalized spacial score (nSPS) is 19.1. The first-order valence-electron chi connectivity index (χ1n) is 9.52. The van der Waals surface area contributed by atoms with E-state index in [-0.39, 0.29) is 5.97 Å². The Balaban J connectivity index is 1.58. The summed E-state index contributed by atoms with van der Waals surface area (Å²) < 4.78 is 5.38. The molecule has 2 atom stereocenters. The molecule has 134 valence electrons. The van der Waals surface area contributed by atoms with Gasteiger partial charge < -0.3 is 4.74 Å². The molecular formula is C23H25NO2. The van der Waals surface area contributed by atoms with Crippen molar-refractivity contribution in [3.63, 3.8) is 0 Å². The SMILES string of the molecule is CCCC[C@H]1CC[C@@H](c2ccc(C(=O)Oc3ccc(C#N)cc3)cc2)C1. The van der Waals surface area contributed by atoms with Crippen LogP contribution in [0.3, 0.4) is 0 Å². The molecule has 0 N–H and O–H groups in total. The highest BCUT2D eigenvalue weighted by atomic mass is 16.5.